The van der Waals surface area contributed by atoms with Crippen LogP contribution in [0.3, 0.4) is 0 Å². The van der Waals surface area contributed by atoms with Gasteiger partial charge in [0.2, 0.25) is 18.6 Å². The lowest BCUT2D eigenvalue weighted by Crippen LogP contribution is -2.42. The molecule has 0 spiro atoms. The summed E-state index contributed by atoms with van der Waals surface area (Å²) in [4.78, 5) is 42.6. The number of nitrogens with zero attached hydrogens (tertiary/aromatic N) is 1. The number of amides is 2. The molecule has 1 fully saturated rings. The van der Waals surface area contributed by atoms with Crippen molar-refractivity contribution >= 4 is 29.0 Å². The molecular weight excluding hydrogens is 470 g/mol. The molecule has 1 aliphatic carbocycles. The number of allylic oxidation sites excluding steroid dienone is 1. The lowest BCUT2D eigenvalue weighted by Gasteiger charge is -2.38. The average Bonchev–Trinajstić information content (AvgIpc) is 3.46. The number of hydrogen-bond acceptors (Lipinski definition) is 6. The van der Waals surface area contributed by atoms with Crippen molar-refractivity contribution in [3.05, 3.63) is 89.0 Å². The average molecular weight is 494 g/mol. The highest BCUT2D eigenvalue weighted by atomic mass is 16.7. The molecule has 184 valence electrons. The van der Waals surface area contributed by atoms with Gasteiger partial charge in [-0.25, -0.2) is 4.90 Å². The molecule has 3 aromatic rings. The van der Waals surface area contributed by atoms with Crippen molar-refractivity contribution in [2.24, 2.45) is 17.8 Å². The fourth-order valence-corrected chi connectivity index (χ4v) is 6.06. The van der Waals surface area contributed by atoms with Crippen LogP contribution < -0.4 is 19.1 Å². The molecule has 4 aliphatic rings. The van der Waals surface area contributed by atoms with Crippen molar-refractivity contribution in [3.8, 4) is 17.2 Å². The third-order valence-electron chi connectivity index (χ3n) is 7.82. The third kappa shape index (κ3) is 3.16. The first-order valence-electron chi connectivity index (χ1n) is 12.3. The fourth-order valence-electron chi connectivity index (χ4n) is 6.06. The summed E-state index contributed by atoms with van der Waals surface area (Å²) >= 11 is 0. The van der Waals surface area contributed by atoms with Gasteiger partial charge in [-0.05, 0) is 60.9 Å². The van der Waals surface area contributed by atoms with Crippen molar-refractivity contribution in [2.45, 2.75) is 19.8 Å². The van der Waals surface area contributed by atoms with Crippen molar-refractivity contribution in [3.63, 3.8) is 0 Å². The van der Waals surface area contributed by atoms with E-state index in [0.29, 0.717) is 22.9 Å². The van der Waals surface area contributed by atoms with E-state index in [9.17, 15) is 14.4 Å². The zero-order valence-corrected chi connectivity index (χ0v) is 20.3. The minimum absolute atomic E-state index is 0.135. The molecule has 7 heteroatoms. The molecule has 3 heterocycles. The Hall–Kier alpha value is -4.39. The van der Waals surface area contributed by atoms with Gasteiger partial charge in [-0.15, -0.1) is 0 Å². The largest absolute Gasteiger partial charge is 0.454 e. The van der Waals surface area contributed by atoms with Crippen molar-refractivity contribution < 1.29 is 28.6 Å². The fraction of sp³-hybridized carbons (Fsp3) is 0.233. The van der Waals surface area contributed by atoms with Crippen LogP contribution in [0.25, 0.3) is 5.57 Å². The van der Waals surface area contributed by atoms with Crippen LogP contribution in [0, 0.1) is 31.6 Å². The zero-order valence-electron chi connectivity index (χ0n) is 20.3. The number of hydrogen-bond donors (Lipinski definition) is 0. The molecule has 3 aromatic carbocycles. The topological polar surface area (TPSA) is 82.1 Å². The van der Waals surface area contributed by atoms with Crippen LogP contribution in [0.5, 0.6) is 17.2 Å². The molecule has 0 radical (unpaired) electrons. The minimum Gasteiger partial charge on any atom is -0.454 e. The number of fused-ring (bicyclic) bond motifs is 6. The molecule has 0 aromatic heterocycles. The maximum Gasteiger partial charge on any atom is 0.319 e. The highest BCUT2D eigenvalue weighted by Crippen LogP contribution is 2.55. The van der Waals surface area contributed by atoms with Gasteiger partial charge in [-0.2, -0.15) is 0 Å². The van der Waals surface area contributed by atoms with Gasteiger partial charge < -0.3 is 14.2 Å². The Labute approximate surface area is 213 Å². The summed E-state index contributed by atoms with van der Waals surface area (Å²) in [6, 6.07) is 18.6. The SMILES string of the molecule is Cc1ccc(N2C(=O)[C@@H]3[C@@H]4C(=O)Oc5cc(C)ccc5C4=C[C@@H](c4ccc5c(c4)OCO5)[C@@H]3C2=O)cc1. The van der Waals surface area contributed by atoms with E-state index >= 15 is 0 Å². The lowest BCUT2D eigenvalue weighted by molar-refractivity contribution is -0.142. The Morgan fingerprint density at radius 2 is 1.49 bits per heavy atom. The van der Waals surface area contributed by atoms with Crippen LogP contribution in [-0.4, -0.2) is 24.6 Å². The third-order valence-corrected chi connectivity index (χ3v) is 7.82. The number of anilines is 1. The van der Waals surface area contributed by atoms with Gasteiger partial charge in [-0.1, -0.05) is 42.0 Å². The molecule has 1 saturated heterocycles. The van der Waals surface area contributed by atoms with E-state index in [1.807, 2.05) is 68.5 Å². The van der Waals surface area contributed by atoms with Gasteiger partial charge in [0.05, 0.1) is 23.4 Å². The van der Waals surface area contributed by atoms with Gasteiger partial charge in [0.1, 0.15) is 5.75 Å². The smallest absolute Gasteiger partial charge is 0.319 e. The second kappa shape index (κ2) is 7.80. The van der Waals surface area contributed by atoms with Gasteiger partial charge >= 0.3 is 5.97 Å². The van der Waals surface area contributed by atoms with E-state index < -0.39 is 29.6 Å². The molecule has 0 saturated carbocycles. The standard InChI is InChI=1S/C30H23NO6/c1-15-3-7-18(8-4-15)31-28(32)25-20(17-6-10-22-24(12-17)36-14-35-22)13-21-19-9-5-16(2)11-23(19)37-30(34)26(21)27(25)29(31)33/h3-13,20,25-27H,14H2,1-2H3/t20-,25-,26+,27-/m0/s1. The number of imide groups is 1. The Bertz CT molecular complexity index is 1540. The zero-order chi connectivity index (χ0) is 25.4. The van der Waals surface area contributed by atoms with E-state index in [-0.39, 0.29) is 18.6 Å². The lowest BCUT2D eigenvalue weighted by atomic mass is 9.64. The molecule has 3 aliphatic heterocycles. The summed E-state index contributed by atoms with van der Waals surface area (Å²) in [5.41, 5.74) is 4.80. The van der Waals surface area contributed by atoms with Crippen LogP contribution in [0.4, 0.5) is 5.69 Å². The normalized spacial score (nSPS) is 25.3. The van der Waals surface area contributed by atoms with Crippen LogP contribution in [-0.2, 0) is 14.4 Å². The molecule has 7 rings (SSSR count). The Balaban J connectivity index is 1.42. The predicted octanol–water partition coefficient (Wildman–Crippen LogP) is 4.55. The Kier molecular flexibility index (Phi) is 4.61. The summed E-state index contributed by atoms with van der Waals surface area (Å²) in [5.74, 6) is -2.45. The number of ether oxygens (including phenoxy) is 3. The highest BCUT2D eigenvalue weighted by Gasteiger charge is 2.60. The van der Waals surface area contributed by atoms with Crippen LogP contribution in [0.2, 0.25) is 0 Å². The van der Waals surface area contributed by atoms with E-state index in [1.165, 1.54) is 4.90 Å². The second-order valence-electron chi connectivity index (χ2n) is 10.1. The molecule has 7 nitrogen and oxygen atoms in total. The molecule has 37 heavy (non-hydrogen) atoms. The van der Waals surface area contributed by atoms with Crippen LogP contribution in [0.15, 0.2) is 66.7 Å². The summed E-state index contributed by atoms with van der Waals surface area (Å²) < 4.78 is 16.8. The van der Waals surface area contributed by atoms with E-state index in [1.54, 1.807) is 12.1 Å². The number of carbonyl (C=O) groups is 3. The number of aryl methyl sites for hydroxylation is 2. The highest BCUT2D eigenvalue weighted by molar-refractivity contribution is 6.24. The molecule has 0 unspecified atom stereocenters. The maximum absolute atomic E-state index is 14.0. The predicted molar refractivity (Wildman–Crippen MR) is 134 cm³/mol. The van der Waals surface area contributed by atoms with Gasteiger partial charge in [0, 0.05) is 11.5 Å². The second-order valence-corrected chi connectivity index (χ2v) is 10.1. The molecule has 2 amide bonds. The molecule has 0 bridgehead atoms. The quantitative estimate of drug-likeness (QED) is 0.296. The molecule has 4 atom stereocenters. The maximum atomic E-state index is 14.0. The van der Waals surface area contributed by atoms with Crippen molar-refractivity contribution in [1.82, 2.24) is 0 Å². The number of carbonyl (C=O) groups excluding carboxylic acids is 3. The summed E-state index contributed by atoms with van der Waals surface area (Å²) in [6.07, 6.45) is 1.97. The van der Waals surface area contributed by atoms with E-state index in [0.717, 1.165) is 27.8 Å². The first-order valence-corrected chi connectivity index (χ1v) is 12.3. The first kappa shape index (κ1) is 21.9. The molecular formula is C30H23NO6. The van der Waals surface area contributed by atoms with E-state index in [2.05, 4.69) is 0 Å². The Morgan fingerprint density at radius 1 is 0.757 bits per heavy atom. The Morgan fingerprint density at radius 3 is 2.30 bits per heavy atom. The van der Waals surface area contributed by atoms with Crippen molar-refractivity contribution in [1.29, 1.82) is 0 Å². The van der Waals surface area contributed by atoms with E-state index in [4.69, 9.17) is 14.2 Å². The number of esters is 1. The van der Waals surface area contributed by atoms with Crippen LogP contribution in [0.1, 0.15) is 28.2 Å². The van der Waals surface area contributed by atoms with Crippen molar-refractivity contribution in [2.75, 3.05) is 11.7 Å². The van der Waals surface area contributed by atoms with Gasteiger partial charge in [0.25, 0.3) is 0 Å². The minimum atomic E-state index is -0.883. The first-order chi connectivity index (χ1) is 17.9. The summed E-state index contributed by atoms with van der Waals surface area (Å²) in [5, 5.41) is 0. The summed E-state index contributed by atoms with van der Waals surface area (Å²) in [6.45, 7) is 4.01. The molecule has 0 N–H and O–H groups in total. The van der Waals surface area contributed by atoms with Gasteiger partial charge in [0.15, 0.2) is 11.5 Å². The van der Waals surface area contributed by atoms with Gasteiger partial charge in [-0.3, -0.25) is 14.4 Å². The number of benzene rings is 3. The monoisotopic (exact) mass is 493 g/mol. The summed E-state index contributed by atoms with van der Waals surface area (Å²) in [7, 11) is 0. The number of rotatable bonds is 2. The van der Waals surface area contributed by atoms with Crippen LogP contribution >= 0.6 is 0 Å².